The molecule has 4 rings (SSSR count). The van der Waals surface area contributed by atoms with E-state index in [-0.39, 0.29) is 18.1 Å². The summed E-state index contributed by atoms with van der Waals surface area (Å²) in [7, 11) is 1.79. The molecule has 28 heavy (non-hydrogen) atoms. The fourth-order valence-corrected chi connectivity index (χ4v) is 3.53. The van der Waals surface area contributed by atoms with Gasteiger partial charge in [-0.1, -0.05) is 12.1 Å². The highest BCUT2D eigenvalue weighted by Gasteiger charge is 2.27. The van der Waals surface area contributed by atoms with Crippen molar-refractivity contribution in [2.45, 2.75) is 0 Å². The van der Waals surface area contributed by atoms with E-state index in [0.29, 0.717) is 16.4 Å². The number of thiazole rings is 1. The predicted molar refractivity (Wildman–Crippen MR) is 102 cm³/mol. The number of fused-ring (bicyclic) bond motifs is 1. The number of hydrogen-bond acceptors (Lipinski definition) is 7. The van der Waals surface area contributed by atoms with Crippen LogP contribution in [0.4, 0.5) is 11.4 Å². The Labute approximate surface area is 163 Å². The molecule has 0 spiro atoms. The van der Waals surface area contributed by atoms with Crippen molar-refractivity contribution in [1.82, 2.24) is 14.8 Å². The molecule has 0 saturated heterocycles. The van der Waals surface area contributed by atoms with E-state index in [1.165, 1.54) is 16.2 Å². The molecule has 0 unspecified atom stereocenters. The number of ether oxygens (including phenoxy) is 1. The van der Waals surface area contributed by atoms with Gasteiger partial charge in [-0.25, -0.2) is 9.78 Å². The number of nitrogens with zero attached hydrogens (tertiary/aromatic N) is 4. The van der Waals surface area contributed by atoms with Crippen molar-refractivity contribution >= 4 is 40.5 Å². The van der Waals surface area contributed by atoms with Crippen LogP contribution in [0.2, 0.25) is 0 Å². The first-order valence-corrected chi connectivity index (χ1v) is 9.20. The third-order valence-corrected chi connectivity index (χ3v) is 4.95. The Kier molecular flexibility index (Phi) is 4.62. The lowest BCUT2D eigenvalue weighted by Gasteiger charge is -2.28. The second kappa shape index (κ2) is 7.24. The van der Waals surface area contributed by atoms with Gasteiger partial charge < -0.3 is 10.1 Å². The molecule has 1 aromatic carbocycles. The predicted octanol–water partition coefficient (Wildman–Crippen LogP) is 1.69. The van der Waals surface area contributed by atoms with Crippen LogP contribution in [0.1, 0.15) is 10.5 Å². The van der Waals surface area contributed by atoms with Gasteiger partial charge in [0.15, 0.2) is 12.3 Å². The summed E-state index contributed by atoms with van der Waals surface area (Å²) < 4.78 is 6.75. The Morgan fingerprint density at radius 3 is 2.93 bits per heavy atom. The smallest absolute Gasteiger partial charge is 0.358 e. The van der Waals surface area contributed by atoms with Gasteiger partial charge in [0, 0.05) is 24.2 Å². The molecule has 1 N–H and O–H groups in total. The van der Waals surface area contributed by atoms with Crippen LogP contribution >= 0.6 is 11.3 Å². The largest absolute Gasteiger partial charge is 0.451 e. The zero-order valence-corrected chi connectivity index (χ0v) is 15.6. The van der Waals surface area contributed by atoms with Gasteiger partial charge >= 0.3 is 5.97 Å². The van der Waals surface area contributed by atoms with E-state index in [0.717, 1.165) is 5.56 Å². The molecule has 0 fully saturated rings. The molecular formula is C18H15N5O4S. The van der Waals surface area contributed by atoms with Crippen LogP contribution in [-0.2, 0) is 21.4 Å². The standard InChI is InChI=1S/C18H15N5O4S/c1-22-7-11(6-19-22)17-21-13(10-28-17)18(26)27-9-16(25)23-8-15(24)20-12-4-2-3-5-14(12)23/h2-7,10H,8-9H2,1H3,(H,20,24). The Bertz CT molecular complexity index is 1070. The number of rotatable bonds is 4. The van der Waals surface area contributed by atoms with Gasteiger partial charge in [0.1, 0.15) is 11.6 Å². The van der Waals surface area contributed by atoms with Crippen molar-refractivity contribution < 1.29 is 19.1 Å². The van der Waals surface area contributed by atoms with Crippen molar-refractivity contribution in [3.8, 4) is 10.6 Å². The van der Waals surface area contributed by atoms with Crippen LogP contribution in [-0.4, -0.2) is 45.7 Å². The van der Waals surface area contributed by atoms with E-state index in [2.05, 4.69) is 15.4 Å². The van der Waals surface area contributed by atoms with Gasteiger partial charge in [-0.05, 0) is 12.1 Å². The summed E-state index contributed by atoms with van der Waals surface area (Å²) in [5.74, 6) is -1.49. The molecule has 0 atom stereocenters. The number of para-hydroxylation sites is 2. The molecule has 3 heterocycles. The maximum Gasteiger partial charge on any atom is 0.358 e. The van der Waals surface area contributed by atoms with Crippen LogP contribution < -0.4 is 10.2 Å². The highest BCUT2D eigenvalue weighted by molar-refractivity contribution is 7.13. The molecule has 1 aliphatic heterocycles. The summed E-state index contributed by atoms with van der Waals surface area (Å²) in [5.41, 5.74) is 2.02. The van der Waals surface area contributed by atoms with Crippen LogP contribution in [0.15, 0.2) is 42.0 Å². The van der Waals surface area contributed by atoms with E-state index in [1.807, 2.05) is 0 Å². The highest BCUT2D eigenvalue weighted by Crippen LogP contribution is 2.29. The Morgan fingerprint density at radius 2 is 2.14 bits per heavy atom. The van der Waals surface area contributed by atoms with Gasteiger partial charge in [-0.15, -0.1) is 11.3 Å². The van der Waals surface area contributed by atoms with Gasteiger partial charge in [0.05, 0.1) is 17.6 Å². The minimum atomic E-state index is -0.700. The molecule has 3 aromatic rings. The summed E-state index contributed by atoms with van der Waals surface area (Å²) in [6.07, 6.45) is 3.44. The molecule has 0 saturated carbocycles. The van der Waals surface area contributed by atoms with Gasteiger partial charge in [-0.3, -0.25) is 19.2 Å². The number of aromatic nitrogens is 3. The lowest BCUT2D eigenvalue weighted by Crippen LogP contribution is -2.44. The fourth-order valence-electron chi connectivity index (χ4n) is 2.77. The first kappa shape index (κ1) is 17.9. The maximum absolute atomic E-state index is 12.5. The SMILES string of the molecule is Cn1cc(-c2nc(C(=O)OCC(=O)N3CC(=O)Nc4ccccc43)cs2)cn1. The molecule has 142 valence electrons. The number of benzene rings is 1. The van der Waals surface area contributed by atoms with Crippen LogP contribution in [0.5, 0.6) is 0 Å². The average molecular weight is 397 g/mol. The number of esters is 1. The summed E-state index contributed by atoms with van der Waals surface area (Å²) in [6.45, 7) is -0.616. The molecule has 10 heteroatoms. The zero-order chi connectivity index (χ0) is 19.7. The van der Waals surface area contributed by atoms with E-state index in [1.54, 1.807) is 53.8 Å². The third-order valence-electron chi connectivity index (χ3n) is 4.06. The summed E-state index contributed by atoms with van der Waals surface area (Å²) in [6, 6.07) is 6.94. The molecule has 0 bridgehead atoms. The lowest BCUT2D eigenvalue weighted by atomic mass is 10.2. The minimum absolute atomic E-state index is 0.119. The quantitative estimate of drug-likeness (QED) is 0.672. The summed E-state index contributed by atoms with van der Waals surface area (Å²) >= 11 is 1.28. The molecule has 9 nitrogen and oxygen atoms in total. The Balaban J connectivity index is 1.42. The summed E-state index contributed by atoms with van der Waals surface area (Å²) in [5, 5.41) is 8.97. The van der Waals surface area contributed by atoms with Crippen LogP contribution in [0.3, 0.4) is 0 Å². The normalized spacial score (nSPS) is 13.0. The molecule has 2 aromatic heterocycles. The number of amides is 2. The zero-order valence-electron chi connectivity index (χ0n) is 14.8. The van der Waals surface area contributed by atoms with E-state index >= 15 is 0 Å². The molecule has 0 radical (unpaired) electrons. The van der Waals surface area contributed by atoms with E-state index < -0.39 is 18.5 Å². The number of aryl methyl sites for hydroxylation is 1. The van der Waals surface area contributed by atoms with E-state index in [9.17, 15) is 14.4 Å². The molecule has 2 amide bonds. The second-order valence-corrected chi connectivity index (χ2v) is 6.92. The second-order valence-electron chi connectivity index (χ2n) is 6.06. The van der Waals surface area contributed by atoms with Crippen molar-refractivity contribution in [3.63, 3.8) is 0 Å². The highest BCUT2D eigenvalue weighted by atomic mass is 32.1. The average Bonchev–Trinajstić information content (AvgIpc) is 3.34. The number of carbonyl (C=O) groups excluding carboxylic acids is 3. The summed E-state index contributed by atoms with van der Waals surface area (Å²) in [4.78, 5) is 42.1. The number of carbonyl (C=O) groups is 3. The first-order valence-electron chi connectivity index (χ1n) is 8.32. The van der Waals surface area contributed by atoms with Crippen molar-refractivity contribution in [2.24, 2.45) is 7.05 Å². The van der Waals surface area contributed by atoms with Crippen molar-refractivity contribution in [3.05, 3.63) is 47.7 Å². The lowest BCUT2D eigenvalue weighted by molar-refractivity contribution is -0.124. The van der Waals surface area contributed by atoms with E-state index in [4.69, 9.17) is 4.74 Å². The Hall–Kier alpha value is -3.53. The molecule has 1 aliphatic rings. The van der Waals surface area contributed by atoms with Crippen molar-refractivity contribution in [2.75, 3.05) is 23.4 Å². The Morgan fingerprint density at radius 1 is 1.32 bits per heavy atom. The number of anilines is 2. The topological polar surface area (TPSA) is 106 Å². The van der Waals surface area contributed by atoms with Gasteiger partial charge in [0.2, 0.25) is 5.91 Å². The van der Waals surface area contributed by atoms with Gasteiger partial charge in [-0.2, -0.15) is 5.10 Å². The van der Waals surface area contributed by atoms with Gasteiger partial charge in [0.25, 0.3) is 5.91 Å². The third kappa shape index (κ3) is 3.49. The minimum Gasteiger partial charge on any atom is -0.451 e. The fraction of sp³-hybridized carbons (Fsp3) is 0.167. The first-order chi connectivity index (χ1) is 13.5. The van der Waals surface area contributed by atoms with Crippen LogP contribution in [0, 0.1) is 0 Å². The molecular weight excluding hydrogens is 382 g/mol. The molecule has 0 aliphatic carbocycles. The van der Waals surface area contributed by atoms with Crippen LogP contribution in [0.25, 0.3) is 10.6 Å². The number of nitrogens with one attached hydrogen (secondary N) is 1. The van der Waals surface area contributed by atoms with Crippen molar-refractivity contribution in [1.29, 1.82) is 0 Å². The monoisotopic (exact) mass is 397 g/mol. The maximum atomic E-state index is 12.5. The number of hydrogen-bond donors (Lipinski definition) is 1.